The van der Waals surface area contributed by atoms with Crippen LogP contribution < -0.4 is 16.4 Å². The highest BCUT2D eigenvalue weighted by atomic mass is 79.9. The molecule has 0 aliphatic carbocycles. The summed E-state index contributed by atoms with van der Waals surface area (Å²) in [6.45, 7) is 3.31. The number of fused-ring (bicyclic) bond motifs is 1. The number of nitro benzene ring substituents is 2. The van der Waals surface area contributed by atoms with Gasteiger partial charge in [0.2, 0.25) is 0 Å². The summed E-state index contributed by atoms with van der Waals surface area (Å²) in [5, 5.41) is 20.8. The number of unbranched alkanes of at least 4 members (excludes halogenated alkanes) is 1. The number of hydrogen-bond donors (Lipinski definition) is 2. The number of carbonyl (C=O) groups is 2. The highest BCUT2D eigenvalue weighted by molar-refractivity contribution is 9.10. The van der Waals surface area contributed by atoms with E-state index in [-0.39, 0.29) is 27.7 Å². The Hall–Kier alpha value is -4.52. The van der Waals surface area contributed by atoms with E-state index in [2.05, 4.69) is 26.9 Å². The molecule has 4 rings (SSSR count). The molecule has 0 spiro atoms. The third kappa shape index (κ3) is 6.68. The van der Waals surface area contributed by atoms with Gasteiger partial charge in [-0.25, -0.2) is 0 Å². The summed E-state index contributed by atoms with van der Waals surface area (Å²) >= 11 is 2.90. The van der Waals surface area contributed by atoms with Crippen LogP contribution in [0.4, 0.5) is 28.4 Å². The molecule has 39 heavy (non-hydrogen) atoms. The van der Waals surface area contributed by atoms with Crippen molar-refractivity contribution < 1.29 is 19.4 Å². The van der Waals surface area contributed by atoms with Gasteiger partial charge in [0.15, 0.2) is 0 Å². The van der Waals surface area contributed by atoms with E-state index in [1.807, 2.05) is 26.1 Å². The van der Waals surface area contributed by atoms with Crippen LogP contribution in [0.1, 0.15) is 39.1 Å². The van der Waals surface area contributed by atoms with Crippen LogP contribution in [-0.4, -0.2) is 46.7 Å². The average molecular weight is 599 g/mol. The number of imide groups is 1. The third-order valence-corrected chi connectivity index (χ3v) is 6.85. The van der Waals surface area contributed by atoms with Gasteiger partial charge in [-0.2, -0.15) is 0 Å². The number of benzene rings is 3. The summed E-state index contributed by atoms with van der Waals surface area (Å²) in [7, 11) is 2.03. The molecule has 13 heteroatoms. The highest BCUT2D eigenvalue weighted by Crippen LogP contribution is 2.34. The minimum absolute atomic E-state index is 0.124. The van der Waals surface area contributed by atoms with Crippen LogP contribution >= 0.6 is 15.9 Å². The number of hydrogen-bond acceptors (Lipinski definition) is 9. The number of aryl methyl sites for hydroxylation is 1. The Morgan fingerprint density at radius 2 is 1.54 bits per heavy atom. The van der Waals surface area contributed by atoms with Gasteiger partial charge in [0.1, 0.15) is 5.69 Å². The number of rotatable bonds is 8. The Morgan fingerprint density at radius 1 is 0.923 bits per heavy atom. The number of non-ortho nitro benzene ring substituents is 1. The first-order valence-electron chi connectivity index (χ1n) is 11.8. The largest absolute Gasteiger partial charge is 0.399 e. The maximum Gasteiger partial charge on any atom is 0.300 e. The van der Waals surface area contributed by atoms with Gasteiger partial charge < -0.3 is 16.4 Å². The second-order valence-corrected chi connectivity index (χ2v) is 9.71. The molecule has 204 valence electrons. The van der Waals surface area contributed by atoms with Crippen molar-refractivity contribution in [1.29, 1.82) is 0 Å². The lowest BCUT2D eigenvalue weighted by atomic mass is 10.1. The van der Waals surface area contributed by atoms with Crippen molar-refractivity contribution in [3.63, 3.8) is 0 Å². The maximum absolute atomic E-state index is 12.3. The van der Waals surface area contributed by atoms with E-state index in [1.54, 1.807) is 24.3 Å². The smallest absolute Gasteiger partial charge is 0.300 e. The number of nitrogen functional groups attached to an aromatic ring is 2. The van der Waals surface area contributed by atoms with Crippen molar-refractivity contribution in [2.45, 2.75) is 19.8 Å². The molecule has 0 saturated carbocycles. The van der Waals surface area contributed by atoms with Crippen LogP contribution in [0.3, 0.4) is 0 Å². The number of nitrogens with zero attached hydrogens (tertiary/aromatic N) is 4. The van der Waals surface area contributed by atoms with Crippen LogP contribution in [0.5, 0.6) is 0 Å². The quantitative estimate of drug-likeness (QED) is 0.119. The molecule has 0 fully saturated rings. The van der Waals surface area contributed by atoms with E-state index in [0.29, 0.717) is 17.7 Å². The predicted octanol–water partition coefficient (Wildman–Crippen LogP) is 4.94. The number of halogens is 1. The number of amides is 2. The van der Waals surface area contributed by atoms with Gasteiger partial charge in [-0.05, 0) is 71.6 Å². The molecule has 0 radical (unpaired) electrons. The molecule has 1 aliphatic rings. The minimum Gasteiger partial charge on any atom is -0.399 e. The maximum atomic E-state index is 12.3. The van der Waals surface area contributed by atoms with Gasteiger partial charge in [0, 0.05) is 37.6 Å². The van der Waals surface area contributed by atoms with Crippen molar-refractivity contribution in [3.05, 3.63) is 96.0 Å². The second-order valence-electron chi connectivity index (χ2n) is 8.85. The van der Waals surface area contributed by atoms with E-state index < -0.39 is 15.5 Å². The van der Waals surface area contributed by atoms with Crippen LogP contribution in [-0.2, 0) is 0 Å². The Kier molecular flexibility index (Phi) is 9.20. The van der Waals surface area contributed by atoms with Crippen molar-refractivity contribution in [1.82, 2.24) is 4.90 Å². The highest BCUT2D eigenvalue weighted by Gasteiger charge is 2.34. The van der Waals surface area contributed by atoms with E-state index >= 15 is 0 Å². The second kappa shape index (κ2) is 12.3. The first-order valence-corrected chi connectivity index (χ1v) is 12.6. The topological polar surface area (TPSA) is 179 Å². The number of anilines is 3. The van der Waals surface area contributed by atoms with E-state index in [1.165, 1.54) is 4.90 Å². The summed E-state index contributed by atoms with van der Waals surface area (Å²) in [5.41, 5.74) is 14.2. The van der Waals surface area contributed by atoms with Crippen LogP contribution in [0.25, 0.3) is 0 Å². The van der Waals surface area contributed by atoms with Gasteiger partial charge in [-0.15, -0.1) is 0 Å². The Balaban J connectivity index is 0.000000255. The molecule has 0 unspecified atom stereocenters. The summed E-state index contributed by atoms with van der Waals surface area (Å²) in [4.78, 5) is 47.4. The zero-order valence-corrected chi connectivity index (χ0v) is 22.9. The molecule has 3 aromatic carbocycles. The van der Waals surface area contributed by atoms with Crippen LogP contribution in [0, 0.1) is 27.2 Å². The first kappa shape index (κ1) is 29.0. The van der Waals surface area contributed by atoms with Crippen molar-refractivity contribution in [2.75, 3.05) is 36.5 Å². The molecular formula is C26H27BrN6O6. The average Bonchev–Trinajstić information content (AvgIpc) is 3.14. The summed E-state index contributed by atoms with van der Waals surface area (Å²) in [6, 6.07) is 14.9. The fraction of sp³-hybridized carbons (Fsp3) is 0.231. The fourth-order valence-corrected chi connectivity index (χ4v) is 4.37. The molecule has 1 heterocycles. The molecule has 0 aromatic heterocycles. The summed E-state index contributed by atoms with van der Waals surface area (Å²) in [5.74, 6) is -0.355. The zero-order chi connectivity index (χ0) is 28.9. The van der Waals surface area contributed by atoms with E-state index in [4.69, 9.17) is 11.5 Å². The van der Waals surface area contributed by atoms with Crippen LogP contribution in [0.2, 0.25) is 0 Å². The molecule has 0 saturated heterocycles. The molecular weight excluding hydrogens is 572 g/mol. The SMILES string of the molecule is Cc1cc(N(C)CCCCN2C(=O)c3ccccc3C2=O)ccc1N.Nc1c(Br)cc([N+](=O)[O-])cc1[N+](=O)[O-]. The molecule has 3 aromatic rings. The number of nitro groups is 2. The molecule has 1 aliphatic heterocycles. The first-order chi connectivity index (χ1) is 18.4. The lowest BCUT2D eigenvalue weighted by Crippen LogP contribution is -2.31. The van der Waals surface area contributed by atoms with Gasteiger partial charge in [-0.3, -0.25) is 34.7 Å². The lowest BCUT2D eigenvalue weighted by Gasteiger charge is -2.21. The monoisotopic (exact) mass is 598 g/mol. The minimum atomic E-state index is -0.771. The summed E-state index contributed by atoms with van der Waals surface area (Å²) in [6.07, 6.45) is 1.68. The molecule has 4 N–H and O–H groups in total. The number of nitrogens with two attached hydrogens (primary N) is 2. The Morgan fingerprint density at radius 3 is 2.08 bits per heavy atom. The normalized spacial score (nSPS) is 12.0. The van der Waals surface area contributed by atoms with Gasteiger partial charge >= 0.3 is 0 Å². The van der Waals surface area contributed by atoms with Gasteiger partial charge in [0.25, 0.3) is 23.2 Å². The van der Waals surface area contributed by atoms with Gasteiger partial charge in [-0.1, -0.05) is 12.1 Å². The standard InChI is InChI=1S/C20H23N3O2.C6H4BrN3O4/c1-14-13-15(9-10-18(14)21)22(2)11-5-6-12-23-19(24)16-7-3-4-8-17(16)20(23)25;7-4-1-3(9(11)12)2-5(6(4)8)10(13)14/h3-4,7-10,13H,5-6,11-12,21H2,1-2H3;1-2H,8H2. The fourth-order valence-electron chi connectivity index (χ4n) is 3.93. The zero-order valence-electron chi connectivity index (χ0n) is 21.3. The molecule has 2 amide bonds. The summed E-state index contributed by atoms with van der Waals surface area (Å²) < 4.78 is 0.137. The Bertz CT molecular complexity index is 1410. The van der Waals surface area contributed by atoms with E-state index in [0.717, 1.165) is 48.5 Å². The van der Waals surface area contributed by atoms with E-state index in [9.17, 15) is 29.8 Å². The van der Waals surface area contributed by atoms with Crippen molar-refractivity contribution in [2.24, 2.45) is 0 Å². The van der Waals surface area contributed by atoms with Crippen molar-refractivity contribution in [3.8, 4) is 0 Å². The van der Waals surface area contributed by atoms with Crippen LogP contribution in [0.15, 0.2) is 59.1 Å². The third-order valence-electron chi connectivity index (χ3n) is 6.20. The lowest BCUT2D eigenvalue weighted by molar-refractivity contribution is -0.393. The predicted molar refractivity (Wildman–Crippen MR) is 152 cm³/mol. The Labute approximate surface area is 232 Å². The molecule has 0 atom stereocenters. The molecule has 0 bridgehead atoms. The van der Waals surface area contributed by atoms with Gasteiger partial charge in [0.05, 0.1) is 31.5 Å². The number of carbonyl (C=O) groups excluding carboxylic acids is 2. The molecule has 12 nitrogen and oxygen atoms in total. The van der Waals surface area contributed by atoms with Crippen molar-refractivity contribution >= 4 is 56.2 Å².